The summed E-state index contributed by atoms with van der Waals surface area (Å²) in [5.41, 5.74) is 6.91. The third-order valence-corrected chi connectivity index (χ3v) is 9.88. The number of benzene rings is 6. The van der Waals surface area contributed by atoms with Crippen molar-refractivity contribution in [1.29, 1.82) is 0 Å². The van der Waals surface area contributed by atoms with Crippen molar-refractivity contribution in [3.05, 3.63) is 162 Å². The largest absolute Gasteiger partial charge is 0.350 e. The summed E-state index contributed by atoms with van der Waals surface area (Å²) in [4.78, 5) is 5.31. The van der Waals surface area contributed by atoms with Gasteiger partial charge in [0.25, 0.3) is 0 Å². The molecule has 4 nitrogen and oxygen atoms in total. The van der Waals surface area contributed by atoms with Crippen LogP contribution in [0.15, 0.2) is 151 Å². The first-order valence-corrected chi connectivity index (χ1v) is 15.8. The molecule has 0 amide bonds. The number of aromatic nitrogens is 1. The molecule has 2 aromatic heterocycles. The van der Waals surface area contributed by atoms with E-state index in [4.69, 9.17) is 4.99 Å². The Hall–Kier alpha value is -5.23. The van der Waals surface area contributed by atoms with E-state index >= 15 is 0 Å². The molecule has 0 fully saturated rings. The molecular weight excluding hydrogens is 557 g/mol. The molecule has 1 aliphatic heterocycles. The van der Waals surface area contributed by atoms with Crippen molar-refractivity contribution in [2.24, 2.45) is 4.99 Å². The second-order valence-corrected chi connectivity index (χ2v) is 12.3. The SMILES string of the molecule is c1ccc(C2N=C(c3ccccc3-n3c4ccccc4c4ccc5c6ccccc6sc5c43)NC(c3ccccc3)N2)cc1. The summed E-state index contributed by atoms with van der Waals surface area (Å²) in [6.07, 6.45) is -0.299. The molecule has 2 atom stereocenters. The summed E-state index contributed by atoms with van der Waals surface area (Å²) in [6.45, 7) is 0. The van der Waals surface area contributed by atoms with Crippen LogP contribution in [0.1, 0.15) is 29.0 Å². The van der Waals surface area contributed by atoms with E-state index in [1.54, 1.807) is 0 Å². The number of nitrogens with zero attached hydrogens (tertiary/aromatic N) is 2. The number of hydrogen-bond donors (Lipinski definition) is 2. The van der Waals surface area contributed by atoms with Crippen molar-refractivity contribution in [2.75, 3.05) is 0 Å². The topological polar surface area (TPSA) is 41.4 Å². The first kappa shape index (κ1) is 25.3. The number of nitrogens with one attached hydrogen (secondary N) is 2. The van der Waals surface area contributed by atoms with E-state index in [0.717, 1.165) is 22.6 Å². The summed E-state index contributed by atoms with van der Waals surface area (Å²) >= 11 is 1.88. The summed E-state index contributed by atoms with van der Waals surface area (Å²) in [5.74, 6) is 0.872. The van der Waals surface area contributed by atoms with Crippen LogP contribution in [0.25, 0.3) is 47.7 Å². The van der Waals surface area contributed by atoms with Crippen LogP contribution < -0.4 is 10.6 Å². The Balaban J connectivity index is 1.31. The lowest BCUT2D eigenvalue weighted by Gasteiger charge is -2.32. The van der Waals surface area contributed by atoms with Gasteiger partial charge in [-0.15, -0.1) is 11.3 Å². The summed E-state index contributed by atoms with van der Waals surface area (Å²) in [5, 5.41) is 12.6. The molecule has 2 N–H and O–H groups in total. The van der Waals surface area contributed by atoms with Crippen molar-refractivity contribution in [3.63, 3.8) is 0 Å². The highest BCUT2D eigenvalue weighted by molar-refractivity contribution is 7.26. The molecule has 0 radical (unpaired) electrons. The van der Waals surface area contributed by atoms with Crippen LogP contribution >= 0.6 is 11.3 Å². The van der Waals surface area contributed by atoms with E-state index in [2.05, 4.69) is 161 Å². The third kappa shape index (κ3) is 3.98. The Morgan fingerprint density at radius 1 is 0.568 bits per heavy atom. The van der Waals surface area contributed by atoms with Gasteiger partial charge in [-0.3, -0.25) is 5.32 Å². The normalized spacial score (nSPS) is 16.9. The predicted molar refractivity (Wildman–Crippen MR) is 185 cm³/mol. The fourth-order valence-electron chi connectivity index (χ4n) is 6.67. The molecule has 0 saturated carbocycles. The van der Waals surface area contributed by atoms with Crippen LogP contribution in [0.2, 0.25) is 0 Å². The first-order chi connectivity index (χ1) is 21.8. The highest BCUT2D eigenvalue weighted by atomic mass is 32.1. The maximum atomic E-state index is 5.31. The van der Waals surface area contributed by atoms with Crippen LogP contribution in [0.4, 0.5) is 0 Å². The van der Waals surface area contributed by atoms with E-state index in [1.807, 2.05) is 11.3 Å². The van der Waals surface area contributed by atoms with Gasteiger partial charge in [0, 0.05) is 31.8 Å². The maximum absolute atomic E-state index is 5.31. The molecule has 6 aromatic carbocycles. The van der Waals surface area contributed by atoms with Gasteiger partial charge in [-0.05, 0) is 35.4 Å². The minimum absolute atomic E-state index is 0.102. The molecular formula is C39H28N4S. The van der Waals surface area contributed by atoms with Gasteiger partial charge in [0.2, 0.25) is 0 Å². The zero-order valence-corrected chi connectivity index (χ0v) is 24.6. The van der Waals surface area contributed by atoms with E-state index in [-0.39, 0.29) is 12.3 Å². The highest BCUT2D eigenvalue weighted by Gasteiger charge is 2.27. The number of rotatable bonds is 4. The van der Waals surface area contributed by atoms with Crippen molar-refractivity contribution in [1.82, 2.24) is 15.2 Å². The average Bonchev–Trinajstić information content (AvgIpc) is 3.65. The lowest BCUT2D eigenvalue weighted by molar-refractivity contribution is 0.409. The highest BCUT2D eigenvalue weighted by Crippen LogP contribution is 2.43. The number of thiophene rings is 1. The molecule has 0 aliphatic carbocycles. The quantitative estimate of drug-likeness (QED) is 0.216. The first-order valence-electron chi connectivity index (χ1n) is 15.0. The Kier molecular flexibility index (Phi) is 5.86. The van der Waals surface area contributed by atoms with Crippen LogP contribution in [0.3, 0.4) is 0 Å². The zero-order chi connectivity index (χ0) is 29.0. The van der Waals surface area contributed by atoms with E-state index < -0.39 is 0 Å². The molecule has 44 heavy (non-hydrogen) atoms. The van der Waals surface area contributed by atoms with Crippen molar-refractivity contribution >= 4 is 59.2 Å². The van der Waals surface area contributed by atoms with Gasteiger partial charge in [0.05, 0.1) is 21.4 Å². The predicted octanol–water partition coefficient (Wildman–Crippen LogP) is 9.49. The molecule has 0 spiro atoms. The maximum Gasteiger partial charge on any atom is 0.134 e. The second-order valence-electron chi connectivity index (χ2n) is 11.3. The number of para-hydroxylation sites is 2. The lowest BCUT2D eigenvalue weighted by atomic mass is 10.1. The Bertz CT molecular complexity index is 2350. The van der Waals surface area contributed by atoms with Crippen molar-refractivity contribution in [2.45, 2.75) is 12.3 Å². The molecule has 2 unspecified atom stereocenters. The van der Waals surface area contributed by atoms with E-state index in [1.165, 1.54) is 47.5 Å². The van der Waals surface area contributed by atoms with Crippen LogP contribution in [0.5, 0.6) is 0 Å². The molecule has 0 saturated heterocycles. The van der Waals surface area contributed by atoms with E-state index in [0.29, 0.717) is 0 Å². The van der Waals surface area contributed by atoms with Gasteiger partial charge in [0.1, 0.15) is 18.2 Å². The third-order valence-electron chi connectivity index (χ3n) is 8.69. The van der Waals surface area contributed by atoms with Gasteiger partial charge in [-0.2, -0.15) is 0 Å². The second kappa shape index (κ2) is 10.2. The van der Waals surface area contributed by atoms with Gasteiger partial charge in [0.15, 0.2) is 0 Å². The van der Waals surface area contributed by atoms with Crippen LogP contribution in [0, 0.1) is 0 Å². The molecule has 9 rings (SSSR count). The molecule has 1 aliphatic rings. The smallest absolute Gasteiger partial charge is 0.134 e. The van der Waals surface area contributed by atoms with E-state index in [9.17, 15) is 0 Å². The van der Waals surface area contributed by atoms with Gasteiger partial charge in [-0.1, -0.05) is 121 Å². The number of aliphatic imine (C=N–C) groups is 1. The number of hydrogen-bond acceptors (Lipinski definition) is 4. The molecule has 0 bridgehead atoms. The minimum Gasteiger partial charge on any atom is -0.350 e. The lowest BCUT2D eigenvalue weighted by Crippen LogP contribution is -2.45. The molecule has 210 valence electrons. The summed E-state index contributed by atoms with van der Waals surface area (Å²) in [6, 6.07) is 51.8. The van der Waals surface area contributed by atoms with Crippen LogP contribution in [-0.4, -0.2) is 10.4 Å². The minimum atomic E-state index is -0.196. The Labute approximate surface area is 258 Å². The molecule has 3 heterocycles. The van der Waals surface area contributed by atoms with Gasteiger partial charge in [-0.25, -0.2) is 4.99 Å². The van der Waals surface area contributed by atoms with Gasteiger partial charge < -0.3 is 9.88 Å². The van der Waals surface area contributed by atoms with Crippen molar-refractivity contribution in [3.8, 4) is 5.69 Å². The zero-order valence-electron chi connectivity index (χ0n) is 23.8. The molecule has 5 heteroatoms. The summed E-state index contributed by atoms with van der Waals surface area (Å²) in [7, 11) is 0. The summed E-state index contributed by atoms with van der Waals surface area (Å²) < 4.78 is 5.07. The van der Waals surface area contributed by atoms with Crippen LogP contribution in [-0.2, 0) is 0 Å². The fraction of sp³-hybridized carbons (Fsp3) is 0.0513. The standard InChI is InChI=1S/C39H28N4S/c1-3-13-25(14-4-1)37-40-38(26-15-5-2-6-16-26)42-39(41-37)31-19-8-11-21-33(31)43-32-20-10-7-17-27(32)29-23-24-30-28-18-9-12-22-34(28)44-36(30)35(29)43/h1-24,37-38,40H,(H,41,42). The number of amidine groups is 1. The monoisotopic (exact) mass is 584 g/mol. The van der Waals surface area contributed by atoms with Crippen molar-refractivity contribution < 1.29 is 0 Å². The Morgan fingerprint density at radius 2 is 1.23 bits per heavy atom. The fourth-order valence-corrected chi connectivity index (χ4v) is 7.91. The average molecular weight is 585 g/mol. The number of fused-ring (bicyclic) bond motifs is 7. The van der Waals surface area contributed by atoms with Gasteiger partial charge >= 0.3 is 0 Å². The Morgan fingerprint density at radius 3 is 2.07 bits per heavy atom. The molecule has 8 aromatic rings.